The summed E-state index contributed by atoms with van der Waals surface area (Å²) in [6.45, 7) is 5.62. The number of anilines is 1. The topological polar surface area (TPSA) is 77.6 Å². The molecule has 0 fully saturated rings. The molecule has 26 heavy (non-hydrogen) atoms. The van der Waals surface area contributed by atoms with Crippen molar-refractivity contribution >= 4 is 22.9 Å². The molecule has 1 heterocycles. The van der Waals surface area contributed by atoms with Gasteiger partial charge in [0.25, 0.3) is 0 Å². The second-order valence-corrected chi connectivity index (χ2v) is 6.92. The zero-order valence-electron chi connectivity index (χ0n) is 15.1. The van der Waals surface area contributed by atoms with Crippen molar-refractivity contribution in [3.8, 4) is 6.07 Å². The smallest absolute Gasteiger partial charge is 0.186 e. The van der Waals surface area contributed by atoms with Crippen molar-refractivity contribution in [2.45, 2.75) is 32.7 Å². The van der Waals surface area contributed by atoms with E-state index < -0.39 is 0 Å². The molecule has 2 aromatic carbocycles. The van der Waals surface area contributed by atoms with Gasteiger partial charge < -0.3 is 0 Å². The van der Waals surface area contributed by atoms with Gasteiger partial charge in [-0.25, -0.2) is 0 Å². The fraction of sp³-hybridized carbons (Fsp3) is 0.238. The normalized spacial score (nSPS) is 15.5. The SMILES string of the molecule is CC(=O)c1ccc(N/N=C(\C#N)C2=NC(C)(C)Cc3ccccc32)cc1. The van der Waals surface area contributed by atoms with Crippen LogP contribution < -0.4 is 5.43 Å². The summed E-state index contributed by atoms with van der Waals surface area (Å²) in [6, 6.07) is 17.1. The largest absolute Gasteiger partial charge is 0.295 e. The Bertz CT molecular complexity index is 947. The van der Waals surface area contributed by atoms with E-state index in [4.69, 9.17) is 4.99 Å². The number of Topliss-reactive ketones (excluding diaryl/α,β-unsaturated/α-hetero) is 1. The van der Waals surface area contributed by atoms with Gasteiger partial charge in [-0.1, -0.05) is 24.3 Å². The molecule has 0 unspecified atom stereocenters. The zero-order valence-corrected chi connectivity index (χ0v) is 15.1. The Labute approximate surface area is 153 Å². The molecule has 130 valence electrons. The van der Waals surface area contributed by atoms with E-state index in [0.29, 0.717) is 17.0 Å². The average Bonchev–Trinajstić information content (AvgIpc) is 2.61. The first-order valence-corrected chi connectivity index (χ1v) is 8.43. The molecule has 0 amide bonds. The van der Waals surface area contributed by atoms with Crippen LogP contribution in [0.4, 0.5) is 5.69 Å². The lowest BCUT2D eigenvalue weighted by Crippen LogP contribution is -2.32. The number of nitrogens with zero attached hydrogens (tertiary/aromatic N) is 3. The van der Waals surface area contributed by atoms with Gasteiger partial charge in [0.2, 0.25) is 0 Å². The van der Waals surface area contributed by atoms with E-state index in [1.807, 2.05) is 32.0 Å². The van der Waals surface area contributed by atoms with Crippen LogP contribution in [0.1, 0.15) is 42.3 Å². The number of rotatable bonds is 4. The third-order valence-corrected chi connectivity index (χ3v) is 4.23. The van der Waals surface area contributed by atoms with Crippen LogP contribution >= 0.6 is 0 Å². The molecular formula is C21H20N4O. The molecule has 0 aliphatic carbocycles. The van der Waals surface area contributed by atoms with Crippen LogP contribution in [0.25, 0.3) is 0 Å². The predicted octanol–water partition coefficient (Wildman–Crippen LogP) is 4.00. The highest BCUT2D eigenvalue weighted by molar-refractivity contribution is 6.54. The summed E-state index contributed by atoms with van der Waals surface area (Å²) in [6.07, 6.45) is 0.825. The van der Waals surface area contributed by atoms with E-state index in [0.717, 1.165) is 17.5 Å². The summed E-state index contributed by atoms with van der Waals surface area (Å²) >= 11 is 0. The van der Waals surface area contributed by atoms with E-state index >= 15 is 0 Å². The monoisotopic (exact) mass is 344 g/mol. The minimum Gasteiger partial charge on any atom is -0.295 e. The zero-order chi connectivity index (χ0) is 18.7. The van der Waals surface area contributed by atoms with Gasteiger partial charge in [-0.2, -0.15) is 10.4 Å². The summed E-state index contributed by atoms with van der Waals surface area (Å²) in [5, 5.41) is 13.9. The van der Waals surface area contributed by atoms with Crippen molar-refractivity contribution < 1.29 is 4.79 Å². The molecule has 3 rings (SSSR count). The van der Waals surface area contributed by atoms with Gasteiger partial charge in [0.15, 0.2) is 11.5 Å². The van der Waals surface area contributed by atoms with Crippen molar-refractivity contribution in [1.82, 2.24) is 0 Å². The standard InChI is InChI=1S/C21H20N4O/c1-14(26)15-8-10-17(11-9-15)24-25-19(13-22)20-18-7-5-4-6-16(18)12-21(2,3)23-20/h4-11,24H,12H2,1-3H3/b25-19+. The van der Waals surface area contributed by atoms with E-state index in [9.17, 15) is 10.1 Å². The average molecular weight is 344 g/mol. The van der Waals surface area contributed by atoms with Crippen molar-refractivity contribution in [3.63, 3.8) is 0 Å². The number of hydrazone groups is 1. The molecule has 0 saturated carbocycles. The maximum atomic E-state index is 11.3. The minimum atomic E-state index is -0.287. The molecule has 5 heteroatoms. The highest BCUT2D eigenvalue weighted by atomic mass is 16.1. The number of hydrogen-bond acceptors (Lipinski definition) is 5. The van der Waals surface area contributed by atoms with E-state index in [2.05, 4.69) is 22.7 Å². The summed E-state index contributed by atoms with van der Waals surface area (Å²) in [5.74, 6) is 0.00756. The van der Waals surface area contributed by atoms with E-state index in [1.165, 1.54) is 6.92 Å². The van der Waals surface area contributed by atoms with Crippen LogP contribution in [0.2, 0.25) is 0 Å². The summed E-state index contributed by atoms with van der Waals surface area (Å²) < 4.78 is 0. The first kappa shape index (κ1) is 17.6. The number of carbonyl (C=O) groups is 1. The molecule has 0 aromatic heterocycles. The Morgan fingerprint density at radius 3 is 2.54 bits per heavy atom. The minimum absolute atomic E-state index is 0.00756. The lowest BCUT2D eigenvalue weighted by molar-refractivity contribution is 0.101. The van der Waals surface area contributed by atoms with Gasteiger partial charge in [0.1, 0.15) is 11.8 Å². The van der Waals surface area contributed by atoms with Crippen LogP contribution in [0.5, 0.6) is 0 Å². The molecular weight excluding hydrogens is 324 g/mol. The second kappa shape index (κ2) is 6.93. The fourth-order valence-corrected chi connectivity index (χ4v) is 2.99. The van der Waals surface area contributed by atoms with Crippen LogP contribution in [0.3, 0.4) is 0 Å². The van der Waals surface area contributed by atoms with Gasteiger partial charge in [-0.3, -0.25) is 15.2 Å². The van der Waals surface area contributed by atoms with Gasteiger partial charge in [-0.15, -0.1) is 0 Å². The number of aliphatic imine (C=N–C) groups is 1. The first-order valence-electron chi connectivity index (χ1n) is 8.43. The lowest BCUT2D eigenvalue weighted by atomic mass is 9.86. The number of nitriles is 1. The Kier molecular flexibility index (Phi) is 4.68. The van der Waals surface area contributed by atoms with Crippen LogP contribution in [-0.4, -0.2) is 22.7 Å². The maximum Gasteiger partial charge on any atom is 0.186 e. The highest BCUT2D eigenvalue weighted by Crippen LogP contribution is 2.27. The number of ketones is 1. The van der Waals surface area contributed by atoms with E-state index in [1.54, 1.807) is 24.3 Å². The third-order valence-electron chi connectivity index (χ3n) is 4.23. The van der Waals surface area contributed by atoms with E-state index in [-0.39, 0.29) is 17.0 Å². The molecule has 1 aliphatic heterocycles. The number of hydrogen-bond donors (Lipinski definition) is 1. The Balaban J connectivity index is 1.92. The van der Waals surface area contributed by atoms with Crippen LogP contribution in [-0.2, 0) is 6.42 Å². The first-order chi connectivity index (χ1) is 12.4. The lowest BCUT2D eigenvalue weighted by Gasteiger charge is -2.28. The number of carbonyl (C=O) groups excluding carboxylic acids is 1. The second-order valence-electron chi connectivity index (χ2n) is 6.92. The molecule has 1 aliphatic rings. The molecule has 5 nitrogen and oxygen atoms in total. The number of fused-ring (bicyclic) bond motifs is 1. The van der Waals surface area contributed by atoms with Gasteiger partial charge in [0, 0.05) is 11.1 Å². The third kappa shape index (κ3) is 3.70. The predicted molar refractivity (Wildman–Crippen MR) is 104 cm³/mol. The molecule has 2 aromatic rings. The number of benzene rings is 2. The van der Waals surface area contributed by atoms with Crippen molar-refractivity contribution in [3.05, 3.63) is 65.2 Å². The Hall–Kier alpha value is -3.26. The quantitative estimate of drug-likeness (QED) is 0.517. The molecule has 0 spiro atoms. The molecule has 0 bridgehead atoms. The Morgan fingerprint density at radius 1 is 1.19 bits per heavy atom. The Morgan fingerprint density at radius 2 is 1.88 bits per heavy atom. The summed E-state index contributed by atoms with van der Waals surface area (Å²) in [4.78, 5) is 16.1. The molecule has 0 saturated heterocycles. The van der Waals surface area contributed by atoms with Gasteiger partial charge in [-0.05, 0) is 57.0 Å². The van der Waals surface area contributed by atoms with Crippen molar-refractivity contribution in [2.24, 2.45) is 10.1 Å². The maximum absolute atomic E-state index is 11.3. The van der Waals surface area contributed by atoms with Gasteiger partial charge >= 0.3 is 0 Å². The van der Waals surface area contributed by atoms with Crippen LogP contribution in [0.15, 0.2) is 58.6 Å². The number of nitrogens with one attached hydrogen (secondary N) is 1. The highest BCUT2D eigenvalue weighted by Gasteiger charge is 2.28. The summed E-state index contributed by atoms with van der Waals surface area (Å²) in [5.41, 5.74) is 6.89. The molecule has 1 N–H and O–H groups in total. The fourth-order valence-electron chi connectivity index (χ4n) is 2.99. The molecule has 0 radical (unpaired) electrons. The summed E-state index contributed by atoms with van der Waals surface area (Å²) in [7, 11) is 0. The molecule has 0 atom stereocenters. The van der Waals surface area contributed by atoms with Crippen molar-refractivity contribution in [1.29, 1.82) is 5.26 Å². The van der Waals surface area contributed by atoms with Crippen molar-refractivity contribution in [2.75, 3.05) is 5.43 Å². The van der Waals surface area contributed by atoms with Gasteiger partial charge in [0.05, 0.1) is 11.2 Å². The van der Waals surface area contributed by atoms with Crippen LogP contribution in [0, 0.1) is 11.3 Å².